The first kappa shape index (κ1) is 15.2. The molecular weight excluding hydrogens is 332 g/mol. The molecule has 0 unspecified atom stereocenters. The van der Waals surface area contributed by atoms with E-state index < -0.39 is 5.63 Å². The standard InChI is InChI=1S/C20H16N2O4/c23-20-15(19-21-16-3-1-2-4-17(16)25-19)11-13-5-6-14(12-18(13)26-20)22-7-9-24-10-8-22/h1-6,11-12H,7-10H2. The molecule has 1 aliphatic heterocycles. The van der Waals surface area contributed by atoms with Gasteiger partial charge in [0.1, 0.15) is 16.7 Å². The zero-order chi connectivity index (χ0) is 17.5. The molecule has 0 spiro atoms. The van der Waals surface area contributed by atoms with Gasteiger partial charge >= 0.3 is 5.63 Å². The maximum Gasteiger partial charge on any atom is 0.349 e. The molecule has 5 rings (SSSR count). The molecule has 1 saturated heterocycles. The van der Waals surface area contributed by atoms with E-state index in [9.17, 15) is 4.79 Å². The SMILES string of the molecule is O=c1oc2cc(N3CCOCC3)ccc2cc1-c1nc2ccccc2o1. The van der Waals surface area contributed by atoms with Gasteiger partial charge in [-0.3, -0.25) is 0 Å². The summed E-state index contributed by atoms with van der Waals surface area (Å²) < 4.78 is 16.7. The predicted molar refractivity (Wildman–Crippen MR) is 98.5 cm³/mol. The van der Waals surface area contributed by atoms with Crippen LogP contribution in [0.2, 0.25) is 0 Å². The van der Waals surface area contributed by atoms with E-state index in [1.54, 1.807) is 6.07 Å². The number of hydrogen-bond acceptors (Lipinski definition) is 6. The third-order valence-electron chi connectivity index (χ3n) is 4.62. The van der Waals surface area contributed by atoms with Crippen LogP contribution in [0.25, 0.3) is 33.5 Å². The molecule has 0 saturated carbocycles. The highest BCUT2D eigenvalue weighted by atomic mass is 16.5. The number of rotatable bonds is 2. The number of aromatic nitrogens is 1. The fourth-order valence-electron chi connectivity index (χ4n) is 3.25. The Labute approximate surface area is 148 Å². The summed E-state index contributed by atoms with van der Waals surface area (Å²) in [5, 5.41) is 0.832. The van der Waals surface area contributed by atoms with Gasteiger partial charge in [-0.25, -0.2) is 9.78 Å². The van der Waals surface area contributed by atoms with E-state index in [2.05, 4.69) is 9.88 Å². The van der Waals surface area contributed by atoms with E-state index in [0.717, 1.165) is 24.2 Å². The molecule has 0 aliphatic carbocycles. The summed E-state index contributed by atoms with van der Waals surface area (Å²) in [6.07, 6.45) is 0. The molecule has 0 atom stereocenters. The lowest BCUT2D eigenvalue weighted by Crippen LogP contribution is -2.36. The van der Waals surface area contributed by atoms with Crippen LogP contribution in [0.3, 0.4) is 0 Å². The van der Waals surface area contributed by atoms with Crippen LogP contribution < -0.4 is 10.5 Å². The summed E-state index contributed by atoms with van der Waals surface area (Å²) in [6, 6.07) is 15.1. The first-order chi connectivity index (χ1) is 12.8. The molecule has 6 heteroatoms. The highest BCUT2D eigenvalue weighted by Crippen LogP contribution is 2.27. The molecule has 0 N–H and O–H groups in total. The van der Waals surface area contributed by atoms with Crippen molar-refractivity contribution in [3.63, 3.8) is 0 Å². The van der Waals surface area contributed by atoms with Gasteiger partial charge in [-0.15, -0.1) is 0 Å². The minimum atomic E-state index is -0.455. The molecule has 0 bridgehead atoms. The summed E-state index contributed by atoms with van der Waals surface area (Å²) in [5.41, 5.74) is 2.81. The smallest absolute Gasteiger partial charge is 0.349 e. The number of anilines is 1. The zero-order valence-electron chi connectivity index (χ0n) is 14.0. The van der Waals surface area contributed by atoms with Crippen molar-refractivity contribution in [2.75, 3.05) is 31.2 Å². The van der Waals surface area contributed by atoms with Crippen molar-refractivity contribution in [2.45, 2.75) is 0 Å². The van der Waals surface area contributed by atoms with Crippen molar-refractivity contribution >= 4 is 27.8 Å². The molecule has 6 nitrogen and oxygen atoms in total. The molecule has 0 radical (unpaired) electrons. The average molecular weight is 348 g/mol. The van der Waals surface area contributed by atoms with Gasteiger partial charge in [0.15, 0.2) is 5.58 Å². The number of ether oxygens (including phenoxy) is 1. The van der Waals surface area contributed by atoms with Gasteiger partial charge in [0.05, 0.1) is 13.2 Å². The summed E-state index contributed by atoms with van der Waals surface area (Å²) in [6.45, 7) is 3.07. The average Bonchev–Trinajstić information content (AvgIpc) is 3.11. The van der Waals surface area contributed by atoms with Crippen molar-refractivity contribution in [2.24, 2.45) is 0 Å². The Morgan fingerprint density at radius 3 is 2.62 bits per heavy atom. The molecule has 2 aromatic heterocycles. The maximum atomic E-state index is 12.5. The Morgan fingerprint density at radius 1 is 0.923 bits per heavy atom. The van der Waals surface area contributed by atoms with Gasteiger partial charge in [0, 0.05) is 30.2 Å². The van der Waals surface area contributed by atoms with Crippen molar-refractivity contribution in [3.8, 4) is 11.5 Å². The summed E-state index contributed by atoms with van der Waals surface area (Å²) in [5.74, 6) is 0.277. The fourth-order valence-corrected chi connectivity index (χ4v) is 3.25. The molecule has 2 aromatic carbocycles. The van der Waals surface area contributed by atoms with E-state index >= 15 is 0 Å². The van der Waals surface area contributed by atoms with Crippen molar-refractivity contribution < 1.29 is 13.6 Å². The van der Waals surface area contributed by atoms with Crippen molar-refractivity contribution in [1.82, 2.24) is 4.98 Å². The second kappa shape index (κ2) is 6.00. The number of hydrogen-bond donors (Lipinski definition) is 0. The van der Waals surface area contributed by atoms with Crippen LogP contribution in [-0.2, 0) is 4.74 Å². The van der Waals surface area contributed by atoms with E-state index in [1.165, 1.54) is 0 Å². The second-order valence-electron chi connectivity index (χ2n) is 6.26. The molecule has 3 heterocycles. The fraction of sp³-hybridized carbons (Fsp3) is 0.200. The van der Waals surface area contributed by atoms with E-state index in [0.29, 0.717) is 35.5 Å². The number of nitrogens with zero attached hydrogens (tertiary/aromatic N) is 2. The summed E-state index contributed by atoms with van der Waals surface area (Å²) >= 11 is 0. The van der Waals surface area contributed by atoms with Gasteiger partial charge in [0.2, 0.25) is 5.89 Å². The number of fused-ring (bicyclic) bond motifs is 2. The van der Waals surface area contributed by atoms with Crippen LogP contribution in [0.1, 0.15) is 0 Å². The molecule has 130 valence electrons. The predicted octanol–water partition coefficient (Wildman–Crippen LogP) is 3.44. The Morgan fingerprint density at radius 2 is 1.77 bits per heavy atom. The Bertz CT molecular complexity index is 1120. The van der Waals surface area contributed by atoms with E-state index in [4.69, 9.17) is 13.6 Å². The third kappa shape index (κ3) is 2.55. The van der Waals surface area contributed by atoms with Gasteiger partial charge in [-0.1, -0.05) is 12.1 Å². The lowest BCUT2D eigenvalue weighted by Gasteiger charge is -2.28. The van der Waals surface area contributed by atoms with Crippen molar-refractivity contribution in [3.05, 3.63) is 59.0 Å². The van der Waals surface area contributed by atoms with Crippen LogP contribution in [-0.4, -0.2) is 31.3 Å². The molecule has 26 heavy (non-hydrogen) atoms. The minimum absolute atomic E-state index is 0.277. The highest BCUT2D eigenvalue weighted by Gasteiger charge is 2.16. The number of oxazole rings is 1. The normalized spacial score (nSPS) is 15.0. The maximum absolute atomic E-state index is 12.5. The van der Waals surface area contributed by atoms with Crippen LogP contribution >= 0.6 is 0 Å². The monoisotopic (exact) mass is 348 g/mol. The summed E-state index contributed by atoms with van der Waals surface area (Å²) in [4.78, 5) is 19.1. The minimum Gasteiger partial charge on any atom is -0.436 e. The third-order valence-corrected chi connectivity index (χ3v) is 4.62. The number of para-hydroxylation sites is 2. The Kier molecular flexibility index (Phi) is 3.50. The van der Waals surface area contributed by atoms with Gasteiger partial charge < -0.3 is 18.5 Å². The van der Waals surface area contributed by atoms with Gasteiger partial charge in [0.25, 0.3) is 0 Å². The number of morpholine rings is 1. The van der Waals surface area contributed by atoms with Crippen LogP contribution in [0.4, 0.5) is 5.69 Å². The molecule has 1 aliphatic rings. The first-order valence-corrected chi connectivity index (χ1v) is 8.54. The summed E-state index contributed by atoms with van der Waals surface area (Å²) in [7, 11) is 0. The molecule has 0 amide bonds. The van der Waals surface area contributed by atoms with Gasteiger partial charge in [-0.2, -0.15) is 0 Å². The first-order valence-electron chi connectivity index (χ1n) is 8.54. The highest BCUT2D eigenvalue weighted by molar-refractivity contribution is 5.84. The zero-order valence-corrected chi connectivity index (χ0v) is 14.0. The topological polar surface area (TPSA) is 68.7 Å². The van der Waals surface area contributed by atoms with E-state index in [1.807, 2.05) is 42.5 Å². The Hall–Kier alpha value is -3.12. The quantitative estimate of drug-likeness (QED) is 0.517. The number of benzene rings is 2. The van der Waals surface area contributed by atoms with Crippen LogP contribution in [0.5, 0.6) is 0 Å². The van der Waals surface area contributed by atoms with Crippen LogP contribution in [0, 0.1) is 0 Å². The molecule has 1 fully saturated rings. The Balaban J connectivity index is 1.59. The largest absolute Gasteiger partial charge is 0.436 e. The van der Waals surface area contributed by atoms with E-state index in [-0.39, 0.29) is 5.89 Å². The van der Waals surface area contributed by atoms with Gasteiger partial charge in [-0.05, 0) is 30.3 Å². The van der Waals surface area contributed by atoms with Crippen LogP contribution in [0.15, 0.2) is 62.2 Å². The lowest BCUT2D eigenvalue weighted by molar-refractivity contribution is 0.122. The second-order valence-corrected chi connectivity index (χ2v) is 6.26. The van der Waals surface area contributed by atoms with Crippen molar-refractivity contribution in [1.29, 1.82) is 0 Å². The molecular formula is C20H16N2O4. The molecule has 4 aromatic rings. The lowest BCUT2D eigenvalue weighted by atomic mass is 10.1.